The first-order valence-corrected chi connectivity index (χ1v) is 9.43. The molecule has 0 fully saturated rings. The van der Waals surface area contributed by atoms with E-state index in [1.807, 2.05) is 18.2 Å². The Labute approximate surface area is 158 Å². The van der Waals surface area contributed by atoms with Gasteiger partial charge in [-0.3, -0.25) is 0 Å². The number of thioether (sulfide) groups is 1. The number of halogens is 2. The summed E-state index contributed by atoms with van der Waals surface area (Å²) in [7, 11) is 0. The zero-order valence-corrected chi connectivity index (χ0v) is 16.3. The summed E-state index contributed by atoms with van der Waals surface area (Å²) in [6, 6.07) is 14.9. The fourth-order valence-electron chi connectivity index (χ4n) is 3.17. The van der Waals surface area contributed by atoms with E-state index in [1.165, 1.54) is 32.6 Å². The van der Waals surface area contributed by atoms with Crippen molar-refractivity contribution >= 4 is 34.3 Å². The SMILES string of the molecule is CSc1ccc2c(c1)c(CC[NH3+])c(C)n2Cc1cccc(Cl)c1.[Cl-]. The summed E-state index contributed by atoms with van der Waals surface area (Å²) < 4.78 is 2.40. The molecule has 0 saturated heterocycles. The first-order valence-electron chi connectivity index (χ1n) is 7.83. The molecule has 0 radical (unpaired) electrons. The van der Waals surface area contributed by atoms with Gasteiger partial charge in [-0.2, -0.15) is 0 Å². The van der Waals surface area contributed by atoms with Gasteiger partial charge in [0.15, 0.2) is 0 Å². The predicted molar refractivity (Wildman–Crippen MR) is 100 cm³/mol. The molecule has 0 unspecified atom stereocenters. The Morgan fingerprint density at radius 3 is 2.62 bits per heavy atom. The monoisotopic (exact) mass is 380 g/mol. The van der Waals surface area contributed by atoms with Crippen molar-refractivity contribution in [2.75, 3.05) is 12.8 Å². The summed E-state index contributed by atoms with van der Waals surface area (Å²) in [6.45, 7) is 3.98. The fraction of sp³-hybridized carbons (Fsp3) is 0.263. The van der Waals surface area contributed by atoms with E-state index in [2.05, 4.69) is 47.7 Å². The highest BCUT2D eigenvalue weighted by Crippen LogP contribution is 2.30. The molecule has 3 N–H and O–H groups in total. The molecule has 0 bridgehead atoms. The second-order valence-electron chi connectivity index (χ2n) is 5.77. The van der Waals surface area contributed by atoms with Crippen molar-refractivity contribution in [3.8, 4) is 0 Å². The summed E-state index contributed by atoms with van der Waals surface area (Å²) in [5.74, 6) is 0. The molecule has 0 spiro atoms. The first kappa shape index (κ1) is 19.2. The summed E-state index contributed by atoms with van der Waals surface area (Å²) in [5, 5.41) is 2.15. The summed E-state index contributed by atoms with van der Waals surface area (Å²) in [6.07, 6.45) is 3.14. The topological polar surface area (TPSA) is 32.6 Å². The Hall–Kier alpha value is -1.13. The molecule has 2 aromatic carbocycles. The maximum atomic E-state index is 6.14. The zero-order chi connectivity index (χ0) is 16.4. The molecule has 24 heavy (non-hydrogen) atoms. The third-order valence-corrected chi connectivity index (χ3v) is 5.28. The number of benzene rings is 2. The van der Waals surface area contributed by atoms with Crippen LogP contribution < -0.4 is 18.1 Å². The van der Waals surface area contributed by atoms with Crippen molar-refractivity contribution < 1.29 is 18.1 Å². The molecule has 0 aliphatic rings. The van der Waals surface area contributed by atoms with Gasteiger partial charge >= 0.3 is 0 Å². The van der Waals surface area contributed by atoms with Gasteiger partial charge in [0, 0.05) is 39.5 Å². The Bertz CT molecular complexity index is 843. The zero-order valence-electron chi connectivity index (χ0n) is 14.0. The van der Waals surface area contributed by atoms with E-state index in [-0.39, 0.29) is 12.4 Å². The third kappa shape index (κ3) is 3.75. The van der Waals surface area contributed by atoms with Crippen LogP contribution in [0.25, 0.3) is 10.9 Å². The van der Waals surface area contributed by atoms with Crippen molar-refractivity contribution in [1.82, 2.24) is 4.57 Å². The summed E-state index contributed by atoms with van der Waals surface area (Å²) in [5.41, 5.74) is 9.33. The maximum absolute atomic E-state index is 6.14. The molecule has 1 heterocycles. The number of nitrogens with zero attached hydrogens (tertiary/aromatic N) is 1. The van der Waals surface area contributed by atoms with E-state index in [9.17, 15) is 0 Å². The Morgan fingerprint density at radius 2 is 1.96 bits per heavy atom. The lowest BCUT2D eigenvalue weighted by Crippen LogP contribution is -3.00. The van der Waals surface area contributed by atoms with Crippen LogP contribution in [0.2, 0.25) is 5.02 Å². The highest BCUT2D eigenvalue weighted by Gasteiger charge is 2.15. The molecule has 5 heteroatoms. The fourth-order valence-corrected chi connectivity index (χ4v) is 3.82. The van der Waals surface area contributed by atoms with Crippen LogP contribution in [0.3, 0.4) is 0 Å². The van der Waals surface area contributed by atoms with Gasteiger partial charge in [-0.1, -0.05) is 23.7 Å². The molecular weight excluding hydrogens is 359 g/mol. The molecule has 128 valence electrons. The lowest BCUT2D eigenvalue weighted by molar-refractivity contribution is -0.366. The number of quaternary nitrogens is 1. The summed E-state index contributed by atoms with van der Waals surface area (Å²) >= 11 is 7.93. The van der Waals surface area contributed by atoms with Crippen molar-refractivity contribution in [3.05, 3.63) is 64.3 Å². The molecule has 0 saturated carbocycles. The molecule has 3 aromatic rings. The van der Waals surface area contributed by atoms with Gasteiger partial charge in [0.1, 0.15) is 0 Å². The van der Waals surface area contributed by atoms with Crippen LogP contribution in [0.15, 0.2) is 47.4 Å². The van der Waals surface area contributed by atoms with Crippen LogP contribution >= 0.6 is 23.4 Å². The molecule has 3 rings (SSSR count). The first-order chi connectivity index (χ1) is 11.1. The molecule has 0 aliphatic heterocycles. The average molecular weight is 381 g/mol. The third-order valence-electron chi connectivity index (χ3n) is 4.32. The van der Waals surface area contributed by atoms with Crippen molar-refractivity contribution in [2.45, 2.75) is 24.8 Å². The molecule has 0 atom stereocenters. The second-order valence-corrected chi connectivity index (χ2v) is 7.08. The van der Waals surface area contributed by atoms with Crippen LogP contribution in [-0.4, -0.2) is 17.4 Å². The minimum Gasteiger partial charge on any atom is -1.00 e. The van der Waals surface area contributed by atoms with Crippen LogP contribution in [0.4, 0.5) is 0 Å². The van der Waals surface area contributed by atoms with Gasteiger partial charge in [0.25, 0.3) is 0 Å². The largest absolute Gasteiger partial charge is 1.00 e. The van der Waals surface area contributed by atoms with Crippen LogP contribution in [-0.2, 0) is 13.0 Å². The molecular formula is C19H22Cl2N2S. The second kappa shape index (κ2) is 8.30. The van der Waals surface area contributed by atoms with E-state index in [0.29, 0.717) is 0 Å². The van der Waals surface area contributed by atoms with Gasteiger partial charge in [0.05, 0.1) is 6.54 Å². The van der Waals surface area contributed by atoms with E-state index in [4.69, 9.17) is 11.6 Å². The minimum absolute atomic E-state index is 0. The van der Waals surface area contributed by atoms with E-state index in [1.54, 1.807) is 11.8 Å². The molecule has 0 aliphatic carbocycles. The Morgan fingerprint density at radius 1 is 1.17 bits per heavy atom. The molecule has 2 nitrogen and oxygen atoms in total. The van der Waals surface area contributed by atoms with Crippen molar-refractivity contribution in [3.63, 3.8) is 0 Å². The average Bonchev–Trinajstić information content (AvgIpc) is 2.80. The van der Waals surface area contributed by atoms with Crippen LogP contribution in [0, 0.1) is 6.92 Å². The van der Waals surface area contributed by atoms with Gasteiger partial charge in [-0.25, -0.2) is 0 Å². The summed E-state index contributed by atoms with van der Waals surface area (Å²) in [4.78, 5) is 1.31. The normalized spacial score (nSPS) is 10.8. The highest BCUT2D eigenvalue weighted by molar-refractivity contribution is 7.98. The van der Waals surface area contributed by atoms with Gasteiger partial charge in [-0.15, -0.1) is 11.8 Å². The minimum atomic E-state index is 0. The van der Waals surface area contributed by atoms with E-state index < -0.39 is 0 Å². The smallest absolute Gasteiger partial charge is 0.0781 e. The van der Waals surface area contributed by atoms with Gasteiger partial charge in [0.2, 0.25) is 0 Å². The number of aromatic nitrogens is 1. The molecule has 1 aromatic heterocycles. The highest BCUT2D eigenvalue weighted by atomic mass is 35.5. The van der Waals surface area contributed by atoms with Gasteiger partial charge < -0.3 is 22.7 Å². The predicted octanol–water partition coefficient (Wildman–Crippen LogP) is 1.16. The lowest BCUT2D eigenvalue weighted by atomic mass is 10.1. The van der Waals surface area contributed by atoms with Crippen molar-refractivity contribution in [2.24, 2.45) is 0 Å². The standard InChI is InChI=1S/C19H21ClN2S.ClH/c1-13-17(8-9-21)18-11-16(23-2)6-7-19(18)22(13)12-14-4-3-5-15(20)10-14;/h3-7,10-11H,8-9,12,21H2,1-2H3;1H. The Kier molecular flexibility index (Phi) is 6.64. The molecule has 0 amide bonds. The van der Waals surface area contributed by atoms with Crippen LogP contribution in [0.5, 0.6) is 0 Å². The van der Waals surface area contributed by atoms with Crippen molar-refractivity contribution in [1.29, 1.82) is 0 Å². The number of hydrogen-bond donors (Lipinski definition) is 1. The number of fused-ring (bicyclic) bond motifs is 1. The van der Waals surface area contributed by atoms with E-state index >= 15 is 0 Å². The number of hydrogen-bond acceptors (Lipinski definition) is 1. The quantitative estimate of drug-likeness (QED) is 0.661. The Balaban J connectivity index is 0.00000208. The maximum Gasteiger partial charge on any atom is 0.0781 e. The van der Waals surface area contributed by atoms with Gasteiger partial charge in [-0.05, 0) is 54.6 Å². The van der Waals surface area contributed by atoms with E-state index in [0.717, 1.165) is 24.5 Å². The number of rotatable bonds is 5. The lowest BCUT2D eigenvalue weighted by Gasteiger charge is -2.09. The van der Waals surface area contributed by atoms with Crippen LogP contribution in [0.1, 0.15) is 16.8 Å².